The molecule has 23 heavy (non-hydrogen) atoms. The lowest BCUT2D eigenvalue weighted by Crippen LogP contribution is -2.37. The maximum absolute atomic E-state index is 12.2. The molecule has 2 fully saturated rings. The summed E-state index contributed by atoms with van der Waals surface area (Å²) in [5.41, 5.74) is 1.49. The molecule has 2 aliphatic rings. The minimum absolute atomic E-state index is 0.119. The SMILES string of the molecule is COc1ccc(/C=C2\C(=O)NC(=S)N2CC2CCCCO2)cc1. The number of methoxy groups -OCH3 is 1. The summed E-state index contributed by atoms with van der Waals surface area (Å²) in [5.74, 6) is 0.618. The van der Waals surface area contributed by atoms with Crippen molar-refractivity contribution >= 4 is 29.3 Å². The molecule has 3 rings (SSSR count). The van der Waals surface area contributed by atoms with Crippen molar-refractivity contribution in [1.29, 1.82) is 0 Å². The lowest BCUT2D eigenvalue weighted by Gasteiger charge is -2.27. The van der Waals surface area contributed by atoms with Crippen LogP contribution in [0.2, 0.25) is 0 Å². The third-order valence-electron chi connectivity index (χ3n) is 4.07. The number of hydrogen-bond acceptors (Lipinski definition) is 4. The highest BCUT2D eigenvalue weighted by Crippen LogP contribution is 2.22. The van der Waals surface area contributed by atoms with Crippen LogP contribution in [-0.2, 0) is 9.53 Å². The molecule has 0 aromatic heterocycles. The first-order valence-electron chi connectivity index (χ1n) is 7.77. The molecule has 5 nitrogen and oxygen atoms in total. The summed E-state index contributed by atoms with van der Waals surface area (Å²) < 4.78 is 10.9. The molecular formula is C17H20N2O3S. The quantitative estimate of drug-likeness (QED) is 0.677. The van der Waals surface area contributed by atoms with E-state index in [1.807, 2.05) is 35.2 Å². The normalized spacial score (nSPS) is 23.3. The molecule has 0 spiro atoms. The zero-order valence-electron chi connectivity index (χ0n) is 13.1. The van der Waals surface area contributed by atoms with E-state index in [0.29, 0.717) is 17.4 Å². The van der Waals surface area contributed by atoms with E-state index in [0.717, 1.165) is 37.2 Å². The van der Waals surface area contributed by atoms with Gasteiger partial charge in [0.05, 0.1) is 19.8 Å². The van der Waals surface area contributed by atoms with Crippen LogP contribution in [0.4, 0.5) is 0 Å². The Morgan fingerprint density at radius 3 is 2.83 bits per heavy atom. The molecule has 1 aromatic carbocycles. The average molecular weight is 332 g/mol. The van der Waals surface area contributed by atoms with Gasteiger partial charge in [-0.15, -0.1) is 0 Å². The van der Waals surface area contributed by atoms with Gasteiger partial charge in [0, 0.05) is 6.61 Å². The number of nitrogens with one attached hydrogen (secondary N) is 1. The predicted octanol–water partition coefficient (Wildman–Crippen LogP) is 2.32. The molecular weight excluding hydrogens is 312 g/mol. The second-order valence-corrected chi connectivity index (χ2v) is 6.05. The van der Waals surface area contributed by atoms with Crippen molar-refractivity contribution in [2.75, 3.05) is 20.3 Å². The monoisotopic (exact) mass is 332 g/mol. The fourth-order valence-electron chi connectivity index (χ4n) is 2.80. The molecule has 1 N–H and O–H groups in total. The topological polar surface area (TPSA) is 50.8 Å². The van der Waals surface area contributed by atoms with Crippen molar-refractivity contribution < 1.29 is 14.3 Å². The van der Waals surface area contributed by atoms with Crippen molar-refractivity contribution in [2.24, 2.45) is 0 Å². The van der Waals surface area contributed by atoms with Crippen molar-refractivity contribution in [3.8, 4) is 5.75 Å². The number of hydrogen-bond donors (Lipinski definition) is 1. The lowest BCUT2D eigenvalue weighted by atomic mass is 10.1. The van der Waals surface area contributed by atoms with E-state index in [1.165, 1.54) is 0 Å². The molecule has 1 atom stereocenters. The summed E-state index contributed by atoms with van der Waals surface area (Å²) in [6.07, 6.45) is 5.23. The van der Waals surface area contributed by atoms with Crippen LogP contribution in [0.3, 0.4) is 0 Å². The summed E-state index contributed by atoms with van der Waals surface area (Å²) in [5, 5.41) is 3.17. The largest absolute Gasteiger partial charge is 0.497 e. The molecule has 0 radical (unpaired) electrons. The third kappa shape index (κ3) is 3.71. The minimum Gasteiger partial charge on any atom is -0.497 e. The van der Waals surface area contributed by atoms with Crippen LogP contribution in [0.25, 0.3) is 6.08 Å². The molecule has 6 heteroatoms. The van der Waals surface area contributed by atoms with Crippen LogP contribution in [0.5, 0.6) is 5.75 Å². The zero-order valence-corrected chi connectivity index (χ0v) is 13.9. The number of carbonyl (C=O) groups is 1. The van der Waals surface area contributed by atoms with Crippen molar-refractivity contribution in [2.45, 2.75) is 25.4 Å². The summed E-state index contributed by atoms with van der Waals surface area (Å²) in [6, 6.07) is 7.56. The van der Waals surface area contributed by atoms with Gasteiger partial charge >= 0.3 is 0 Å². The van der Waals surface area contributed by atoms with E-state index >= 15 is 0 Å². The lowest BCUT2D eigenvalue weighted by molar-refractivity contribution is -0.116. The number of thiocarbonyl (C=S) groups is 1. The molecule has 0 saturated carbocycles. The van der Waals surface area contributed by atoms with Gasteiger partial charge in [-0.1, -0.05) is 12.1 Å². The van der Waals surface area contributed by atoms with E-state index < -0.39 is 0 Å². The van der Waals surface area contributed by atoms with Gasteiger partial charge in [-0.3, -0.25) is 10.1 Å². The molecule has 2 heterocycles. The first-order chi connectivity index (χ1) is 11.2. The Morgan fingerprint density at radius 1 is 1.39 bits per heavy atom. The maximum Gasteiger partial charge on any atom is 0.274 e. The number of carbonyl (C=O) groups excluding carboxylic acids is 1. The van der Waals surface area contributed by atoms with Crippen LogP contribution < -0.4 is 10.1 Å². The zero-order chi connectivity index (χ0) is 16.2. The van der Waals surface area contributed by atoms with Crippen molar-refractivity contribution in [3.05, 3.63) is 35.5 Å². The van der Waals surface area contributed by atoms with Gasteiger partial charge in [-0.05, 0) is 55.3 Å². The highest BCUT2D eigenvalue weighted by Gasteiger charge is 2.32. The number of rotatable bonds is 4. The van der Waals surface area contributed by atoms with Gasteiger partial charge in [-0.2, -0.15) is 0 Å². The van der Waals surface area contributed by atoms with Crippen LogP contribution in [0.15, 0.2) is 30.0 Å². The molecule has 0 aliphatic carbocycles. The fourth-order valence-corrected chi connectivity index (χ4v) is 3.06. The Kier molecular flexibility index (Phi) is 4.93. The third-order valence-corrected chi connectivity index (χ3v) is 4.39. The number of ether oxygens (including phenoxy) is 2. The number of nitrogens with zero attached hydrogens (tertiary/aromatic N) is 1. The smallest absolute Gasteiger partial charge is 0.274 e. The Morgan fingerprint density at radius 2 is 2.17 bits per heavy atom. The summed E-state index contributed by atoms with van der Waals surface area (Å²) >= 11 is 5.30. The summed E-state index contributed by atoms with van der Waals surface area (Å²) in [7, 11) is 1.63. The van der Waals surface area contributed by atoms with E-state index in [4.69, 9.17) is 21.7 Å². The first-order valence-corrected chi connectivity index (χ1v) is 8.18. The van der Waals surface area contributed by atoms with Gasteiger partial charge in [0.2, 0.25) is 0 Å². The van der Waals surface area contributed by atoms with Crippen molar-refractivity contribution in [3.63, 3.8) is 0 Å². The second kappa shape index (κ2) is 7.10. The van der Waals surface area contributed by atoms with Gasteiger partial charge in [-0.25, -0.2) is 0 Å². The Balaban J connectivity index is 1.79. The second-order valence-electron chi connectivity index (χ2n) is 5.66. The minimum atomic E-state index is -0.165. The molecule has 2 aliphatic heterocycles. The standard InChI is InChI=1S/C17H20N2O3S/c1-21-13-7-5-12(6-8-13)10-15-16(20)18-17(23)19(15)11-14-4-2-3-9-22-14/h5-8,10,14H,2-4,9,11H2,1H3,(H,18,20,23)/b15-10+. The first kappa shape index (κ1) is 16.0. The van der Waals surface area contributed by atoms with E-state index in [-0.39, 0.29) is 12.0 Å². The molecule has 1 aromatic rings. The summed E-state index contributed by atoms with van der Waals surface area (Å²) in [4.78, 5) is 14.0. The van der Waals surface area contributed by atoms with Gasteiger partial charge in [0.25, 0.3) is 5.91 Å². The Hall–Kier alpha value is -1.92. The number of benzene rings is 1. The van der Waals surface area contributed by atoms with Crippen LogP contribution in [0.1, 0.15) is 24.8 Å². The van der Waals surface area contributed by atoms with Crippen LogP contribution in [0, 0.1) is 0 Å². The maximum atomic E-state index is 12.2. The molecule has 1 unspecified atom stereocenters. The molecule has 122 valence electrons. The van der Waals surface area contributed by atoms with Gasteiger partial charge in [0.1, 0.15) is 11.4 Å². The highest BCUT2D eigenvalue weighted by molar-refractivity contribution is 7.80. The molecule has 2 saturated heterocycles. The van der Waals surface area contributed by atoms with Crippen molar-refractivity contribution in [1.82, 2.24) is 10.2 Å². The highest BCUT2D eigenvalue weighted by atomic mass is 32.1. The van der Waals surface area contributed by atoms with E-state index in [1.54, 1.807) is 7.11 Å². The van der Waals surface area contributed by atoms with Crippen LogP contribution in [-0.4, -0.2) is 42.3 Å². The van der Waals surface area contributed by atoms with Crippen LogP contribution >= 0.6 is 12.2 Å². The average Bonchev–Trinajstić information content (AvgIpc) is 2.83. The molecule has 0 bridgehead atoms. The van der Waals surface area contributed by atoms with E-state index in [9.17, 15) is 4.79 Å². The molecule has 1 amide bonds. The van der Waals surface area contributed by atoms with Gasteiger partial charge < -0.3 is 14.4 Å². The fraction of sp³-hybridized carbons (Fsp3) is 0.412. The van der Waals surface area contributed by atoms with E-state index in [2.05, 4.69) is 5.32 Å². The predicted molar refractivity (Wildman–Crippen MR) is 92.0 cm³/mol. The Bertz CT molecular complexity index is 621. The van der Waals surface area contributed by atoms with Gasteiger partial charge in [0.15, 0.2) is 5.11 Å². The number of amides is 1. The summed E-state index contributed by atoms with van der Waals surface area (Å²) in [6.45, 7) is 1.39. The Labute approximate surface area is 141 Å².